The molecule has 0 amide bonds. The molecule has 0 aliphatic rings. The van der Waals surface area contributed by atoms with Crippen molar-refractivity contribution < 1.29 is 18.4 Å². The number of hydrogen-bond donors (Lipinski definition) is 0. The molecule has 106 valence electrons. The van der Waals surface area contributed by atoms with Crippen LogP contribution in [0.4, 0.5) is 0 Å². The molecule has 0 atom stereocenters. The third-order valence-corrected chi connectivity index (χ3v) is 5.68. The Morgan fingerprint density at radius 3 is 2.06 bits per heavy atom. The summed E-state index contributed by atoms with van der Waals surface area (Å²) in [4.78, 5) is 11.2. The average Bonchev–Trinajstić information content (AvgIpc) is 2.40. The van der Waals surface area contributed by atoms with Gasteiger partial charge in [0.2, 0.25) is 0 Å². The molecule has 0 aliphatic heterocycles. The molecule has 0 bridgehead atoms. The van der Waals surface area contributed by atoms with E-state index >= 15 is 0 Å². The van der Waals surface area contributed by atoms with Crippen molar-refractivity contribution in [1.82, 2.24) is 0 Å². The lowest BCUT2D eigenvalue weighted by Gasteiger charge is -2.29. The lowest BCUT2D eigenvalue weighted by Crippen LogP contribution is -2.48. The molecule has 0 saturated carbocycles. The zero-order chi connectivity index (χ0) is 13.9. The highest BCUT2D eigenvalue weighted by Gasteiger charge is 2.38. The maximum Gasteiger partial charge on any atom is 0.377 e. The van der Waals surface area contributed by atoms with Crippen LogP contribution in [-0.4, -0.2) is 34.0 Å². The van der Waals surface area contributed by atoms with E-state index in [0.717, 1.165) is 25.3 Å². The van der Waals surface area contributed by atoms with Crippen molar-refractivity contribution in [1.29, 1.82) is 0 Å². The summed E-state index contributed by atoms with van der Waals surface area (Å²) in [5, 5.41) is 0. The predicted octanol–water partition coefficient (Wildman–Crippen LogP) is 2.96. The van der Waals surface area contributed by atoms with Crippen molar-refractivity contribution in [3.05, 3.63) is 12.7 Å². The molecule has 4 nitrogen and oxygen atoms in total. The second kappa shape index (κ2) is 10.3. The predicted molar refractivity (Wildman–Crippen MR) is 74.5 cm³/mol. The minimum Gasteiger partial charge on any atom is -0.461 e. The number of hydrogen-bond acceptors (Lipinski definition) is 4. The van der Waals surface area contributed by atoms with Gasteiger partial charge in [-0.3, -0.25) is 0 Å². The van der Waals surface area contributed by atoms with E-state index in [9.17, 15) is 4.79 Å². The van der Waals surface area contributed by atoms with Crippen LogP contribution in [0.2, 0.25) is 6.04 Å². The van der Waals surface area contributed by atoms with Crippen molar-refractivity contribution in [3.8, 4) is 0 Å². The van der Waals surface area contributed by atoms with Gasteiger partial charge in [0.05, 0.1) is 0 Å². The first kappa shape index (κ1) is 17.3. The summed E-state index contributed by atoms with van der Waals surface area (Å²) in [5.74, 6) is -0.414. The van der Waals surface area contributed by atoms with Gasteiger partial charge in [0.25, 0.3) is 0 Å². The van der Waals surface area contributed by atoms with Crippen LogP contribution in [0.1, 0.15) is 40.0 Å². The summed E-state index contributed by atoms with van der Waals surface area (Å²) >= 11 is 0. The first-order chi connectivity index (χ1) is 8.64. The lowest BCUT2D eigenvalue weighted by molar-refractivity contribution is -0.136. The fourth-order valence-electron chi connectivity index (χ4n) is 1.54. The highest BCUT2D eigenvalue weighted by Crippen LogP contribution is 2.18. The topological polar surface area (TPSA) is 44.8 Å². The van der Waals surface area contributed by atoms with Gasteiger partial charge in [-0.2, -0.15) is 0 Å². The van der Waals surface area contributed by atoms with E-state index in [1.54, 1.807) is 0 Å². The molecule has 0 aliphatic carbocycles. The van der Waals surface area contributed by atoms with Gasteiger partial charge in [0, 0.05) is 19.3 Å². The molecule has 0 spiro atoms. The fraction of sp³-hybridized carbons (Fsp3) is 0.769. The molecule has 0 aromatic heterocycles. The summed E-state index contributed by atoms with van der Waals surface area (Å²) < 4.78 is 17.0. The Morgan fingerprint density at radius 1 is 1.11 bits per heavy atom. The summed E-state index contributed by atoms with van der Waals surface area (Å²) in [7, 11) is -2.41. The number of esters is 1. The third-order valence-electron chi connectivity index (χ3n) is 2.37. The van der Waals surface area contributed by atoms with Crippen molar-refractivity contribution in [2.45, 2.75) is 46.1 Å². The van der Waals surface area contributed by atoms with Crippen LogP contribution in [0.3, 0.4) is 0 Å². The summed E-state index contributed by atoms with van der Waals surface area (Å²) in [6, 6.07) is 0.845. The van der Waals surface area contributed by atoms with E-state index in [1.165, 1.54) is 6.08 Å². The standard InChI is InChI=1S/C13H26O4Si/c1-5-9-16-18(11-7-3,17-10-6-2)12-15-13(14)8-4/h8H,4-7,9-12H2,1-3H3. The van der Waals surface area contributed by atoms with Crippen LogP contribution in [0, 0.1) is 0 Å². The monoisotopic (exact) mass is 274 g/mol. The Kier molecular flexibility index (Phi) is 9.91. The fourth-order valence-corrected chi connectivity index (χ4v) is 4.50. The second-order valence-electron chi connectivity index (χ2n) is 4.17. The van der Waals surface area contributed by atoms with Crippen molar-refractivity contribution in [2.75, 3.05) is 19.4 Å². The quantitative estimate of drug-likeness (QED) is 0.330. The zero-order valence-corrected chi connectivity index (χ0v) is 12.9. The van der Waals surface area contributed by atoms with Gasteiger partial charge in [-0.15, -0.1) is 0 Å². The van der Waals surface area contributed by atoms with Crippen LogP contribution < -0.4 is 0 Å². The molecule has 0 rings (SSSR count). The van der Waals surface area contributed by atoms with Crippen LogP contribution in [0.15, 0.2) is 12.7 Å². The summed E-state index contributed by atoms with van der Waals surface area (Å²) in [5.41, 5.74) is 0. The minimum absolute atomic E-state index is 0.256. The molecule has 0 saturated heterocycles. The first-order valence-electron chi connectivity index (χ1n) is 6.71. The van der Waals surface area contributed by atoms with E-state index in [-0.39, 0.29) is 6.23 Å². The van der Waals surface area contributed by atoms with Crippen molar-refractivity contribution in [3.63, 3.8) is 0 Å². The Labute approximate surface area is 112 Å². The van der Waals surface area contributed by atoms with Crippen molar-refractivity contribution in [2.24, 2.45) is 0 Å². The van der Waals surface area contributed by atoms with Gasteiger partial charge in [0.15, 0.2) is 0 Å². The van der Waals surface area contributed by atoms with Crippen molar-refractivity contribution >= 4 is 14.5 Å². The number of carbonyl (C=O) groups is 1. The van der Waals surface area contributed by atoms with E-state index in [2.05, 4.69) is 27.4 Å². The smallest absolute Gasteiger partial charge is 0.377 e. The molecular formula is C13H26O4Si. The van der Waals surface area contributed by atoms with Gasteiger partial charge < -0.3 is 13.6 Å². The highest BCUT2D eigenvalue weighted by atomic mass is 28.4. The Balaban J connectivity index is 4.57. The zero-order valence-electron chi connectivity index (χ0n) is 11.9. The average molecular weight is 274 g/mol. The molecule has 0 aromatic carbocycles. The molecule has 0 fully saturated rings. The van der Waals surface area contributed by atoms with E-state index in [1.807, 2.05) is 0 Å². The van der Waals surface area contributed by atoms with Gasteiger partial charge >= 0.3 is 14.5 Å². The molecule has 0 N–H and O–H groups in total. The Morgan fingerprint density at radius 2 is 1.67 bits per heavy atom. The molecule has 0 heterocycles. The molecule has 0 unspecified atom stereocenters. The first-order valence-corrected chi connectivity index (χ1v) is 8.94. The SMILES string of the molecule is C=CC(=O)OC[Si](CCC)(OCCC)OCCC. The van der Waals surface area contributed by atoms with Crippen LogP contribution in [0.25, 0.3) is 0 Å². The highest BCUT2D eigenvalue weighted by molar-refractivity contribution is 6.67. The van der Waals surface area contributed by atoms with Gasteiger partial charge in [-0.05, 0) is 18.9 Å². The van der Waals surface area contributed by atoms with E-state index in [4.69, 9.17) is 13.6 Å². The van der Waals surface area contributed by atoms with Crippen LogP contribution in [-0.2, 0) is 18.4 Å². The molecular weight excluding hydrogens is 248 g/mol. The Hall–Kier alpha value is -0.653. The van der Waals surface area contributed by atoms with E-state index in [0.29, 0.717) is 13.2 Å². The second-order valence-corrected chi connectivity index (χ2v) is 7.36. The van der Waals surface area contributed by atoms with Gasteiger partial charge in [-0.1, -0.05) is 33.8 Å². The largest absolute Gasteiger partial charge is 0.461 e. The van der Waals surface area contributed by atoms with E-state index < -0.39 is 14.5 Å². The van der Waals surface area contributed by atoms with Gasteiger partial charge in [-0.25, -0.2) is 4.79 Å². The molecule has 0 aromatic rings. The van der Waals surface area contributed by atoms with Crippen LogP contribution >= 0.6 is 0 Å². The number of rotatable bonds is 11. The lowest BCUT2D eigenvalue weighted by atomic mass is 10.5. The van der Waals surface area contributed by atoms with Crippen LogP contribution in [0.5, 0.6) is 0 Å². The molecule has 5 heteroatoms. The normalized spacial score (nSPS) is 11.3. The maximum absolute atomic E-state index is 11.2. The minimum atomic E-state index is -2.41. The number of carbonyl (C=O) groups excluding carboxylic acids is 1. The summed E-state index contributed by atoms with van der Waals surface area (Å²) in [6.45, 7) is 10.9. The Bertz CT molecular complexity index is 235. The van der Waals surface area contributed by atoms with Gasteiger partial charge in [0.1, 0.15) is 6.23 Å². The summed E-state index contributed by atoms with van der Waals surface area (Å²) in [6.07, 6.45) is 4.26. The maximum atomic E-state index is 11.2. The molecule has 18 heavy (non-hydrogen) atoms. The number of ether oxygens (including phenoxy) is 1. The third kappa shape index (κ3) is 6.93. The molecule has 0 radical (unpaired) electrons.